The zero-order valence-electron chi connectivity index (χ0n) is 10.4. The number of hydrogen-bond acceptors (Lipinski definition) is 3. The maximum atomic E-state index is 11.7. The van der Waals surface area contributed by atoms with Crippen molar-refractivity contribution in [2.45, 2.75) is 13.0 Å². The molecule has 0 saturated carbocycles. The SMILES string of the molecule is O=C(CCn1[nH]c(=O)ccc1=O)Nc1ccc(Br)cc1. The first-order valence-electron chi connectivity index (χ1n) is 5.90. The summed E-state index contributed by atoms with van der Waals surface area (Å²) in [6.45, 7) is 0.122. The number of H-pyrrole nitrogens is 1. The van der Waals surface area contributed by atoms with Crippen LogP contribution in [0.1, 0.15) is 6.42 Å². The topological polar surface area (TPSA) is 84.0 Å². The zero-order chi connectivity index (χ0) is 14.5. The third kappa shape index (κ3) is 3.92. The summed E-state index contributed by atoms with van der Waals surface area (Å²) in [6, 6.07) is 9.48. The molecule has 0 fully saturated rings. The van der Waals surface area contributed by atoms with Crippen LogP contribution in [0.3, 0.4) is 0 Å². The number of aryl methyl sites for hydroxylation is 1. The molecular formula is C13H12BrN3O3. The van der Waals surface area contributed by atoms with Crippen molar-refractivity contribution in [3.8, 4) is 0 Å². The number of nitrogens with one attached hydrogen (secondary N) is 2. The summed E-state index contributed by atoms with van der Waals surface area (Å²) in [4.78, 5) is 34.3. The molecule has 0 radical (unpaired) electrons. The first-order valence-corrected chi connectivity index (χ1v) is 6.69. The van der Waals surface area contributed by atoms with Gasteiger partial charge in [-0.3, -0.25) is 19.5 Å². The van der Waals surface area contributed by atoms with Gasteiger partial charge in [0.2, 0.25) is 5.91 Å². The quantitative estimate of drug-likeness (QED) is 0.882. The van der Waals surface area contributed by atoms with E-state index in [9.17, 15) is 14.4 Å². The van der Waals surface area contributed by atoms with Crippen LogP contribution in [-0.2, 0) is 11.3 Å². The fourth-order valence-corrected chi connectivity index (χ4v) is 1.86. The number of carbonyl (C=O) groups excluding carboxylic acids is 1. The summed E-state index contributed by atoms with van der Waals surface area (Å²) < 4.78 is 2.03. The lowest BCUT2D eigenvalue weighted by Gasteiger charge is -2.06. The van der Waals surface area contributed by atoms with Crippen molar-refractivity contribution in [2.75, 3.05) is 5.32 Å². The van der Waals surface area contributed by atoms with Crippen molar-refractivity contribution >= 4 is 27.5 Å². The van der Waals surface area contributed by atoms with Gasteiger partial charge >= 0.3 is 0 Å². The minimum Gasteiger partial charge on any atom is -0.326 e. The molecule has 0 aliphatic carbocycles. The fourth-order valence-electron chi connectivity index (χ4n) is 1.60. The number of hydrogen-bond donors (Lipinski definition) is 2. The van der Waals surface area contributed by atoms with Gasteiger partial charge in [0, 0.05) is 28.7 Å². The molecule has 2 N–H and O–H groups in total. The Morgan fingerprint density at radius 1 is 1.15 bits per heavy atom. The number of halogens is 1. The van der Waals surface area contributed by atoms with Gasteiger partial charge in [0.15, 0.2) is 0 Å². The van der Waals surface area contributed by atoms with Crippen LogP contribution in [-0.4, -0.2) is 15.7 Å². The van der Waals surface area contributed by atoms with Gasteiger partial charge < -0.3 is 5.32 Å². The Morgan fingerprint density at radius 2 is 1.85 bits per heavy atom. The van der Waals surface area contributed by atoms with Gasteiger partial charge in [-0.25, -0.2) is 4.68 Å². The highest BCUT2D eigenvalue weighted by Crippen LogP contribution is 2.14. The molecule has 1 aromatic heterocycles. The van der Waals surface area contributed by atoms with E-state index in [1.165, 1.54) is 6.07 Å². The van der Waals surface area contributed by atoms with Gasteiger partial charge in [-0.15, -0.1) is 0 Å². The fraction of sp³-hybridized carbons (Fsp3) is 0.154. The summed E-state index contributed by atoms with van der Waals surface area (Å²) in [5, 5.41) is 5.07. The number of aromatic nitrogens is 2. The molecule has 2 rings (SSSR count). The molecule has 0 bridgehead atoms. The van der Waals surface area contributed by atoms with E-state index >= 15 is 0 Å². The third-order valence-electron chi connectivity index (χ3n) is 2.58. The summed E-state index contributed by atoms with van der Waals surface area (Å²) in [7, 11) is 0. The first-order chi connectivity index (χ1) is 9.54. The molecule has 0 aliphatic rings. The van der Waals surface area contributed by atoms with Crippen LogP contribution in [0.15, 0.2) is 50.5 Å². The Morgan fingerprint density at radius 3 is 2.55 bits per heavy atom. The van der Waals surface area contributed by atoms with Gasteiger partial charge in [-0.05, 0) is 24.3 Å². The minimum absolute atomic E-state index is 0.0932. The molecule has 104 valence electrons. The average Bonchev–Trinajstić information content (AvgIpc) is 2.42. The van der Waals surface area contributed by atoms with Crippen LogP contribution >= 0.6 is 15.9 Å². The number of carbonyl (C=O) groups is 1. The van der Waals surface area contributed by atoms with E-state index in [0.29, 0.717) is 5.69 Å². The van der Waals surface area contributed by atoms with E-state index in [1.54, 1.807) is 12.1 Å². The lowest BCUT2D eigenvalue weighted by atomic mass is 10.3. The molecule has 1 amide bonds. The van der Waals surface area contributed by atoms with Crippen molar-refractivity contribution in [3.63, 3.8) is 0 Å². The Bertz CT molecular complexity index is 719. The molecule has 2 aromatic rings. The van der Waals surface area contributed by atoms with E-state index < -0.39 is 0 Å². The van der Waals surface area contributed by atoms with Crippen molar-refractivity contribution < 1.29 is 4.79 Å². The van der Waals surface area contributed by atoms with Gasteiger partial charge in [-0.1, -0.05) is 15.9 Å². The Hall–Kier alpha value is -2.15. The van der Waals surface area contributed by atoms with E-state index in [1.807, 2.05) is 12.1 Å². The van der Waals surface area contributed by atoms with E-state index in [0.717, 1.165) is 15.2 Å². The van der Waals surface area contributed by atoms with Crippen molar-refractivity contribution in [1.29, 1.82) is 0 Å². The van der Waals surface area contributed by atoms with Gasteiger partial charge in [0.1, 0.15) is 0 Å². The highest BCUT2D eigenvalue weighted by molar-refractivity contribution is 9.10. The van der Waals surface area contributed by atoms with Crippen molar-refractivity contribution in [2.24, 2.45) is 0 Å². The van der Waals surface area contributed by atoms with Gasteiger partial charge in [0.25, 0.3) is 11.1 Å². The number of anilines is 1. The van der Waals surface area contributed by atoms with Crippen molar-refractivity contribution in [3.05, 3.63) is 61.6 Å². The molecule has 1 aromatic carbocycles. The lowest BCUT2D eigenvalue weighted by Crippen LogP contribution is -2.29. The minimum atomic E-state index is -0.377. The van der Waals surface area contributed by atoms with Crippen LogP contribution in [0.25, 0.3) is 0 Å². The standard InChI is InChI=1S/C13H12BrN3O3/c14-9-1-3-10(4-2-9)15-11(18)7-8-17-13(20)6-5-12(19)16-17/h1-6H,7-8H2,(H,15,18)(H,16,19). The summed E-state index contributed by atoms with van der Waals surface area (Å²) >= 11 is 3.30. The average molecular weight is 338 g/mol. The Balaban J connectivity index is 1.95. The molecule has 1 heterocycles. The highest BCUT2D eigenvalue weighted by Gasteiger charge is 2.04. The Labute approximate surface area is 122 Å². The number of amides is 1. The summed E-state index contributed by atoms with van der Waals surface area (Å²) in [5.41, 5.74) is -0.0499. The van der Waals surface area contributed by atoms with Crippen LogP contribution in [0.2, 0.25) is 0 Å². The molecule has 0 spiro atoms. The number of nitrogens with zero attached hydrogens (tertiary/aromatic N) is 1. The molecule has 0 saturated heterocycles. The maximum absolute atomic E-state index is 11.7. The van der Waals surface area contributed by atoms with E-state index in [2.05, 4.69) is 26.3 Å². The van der Waals surface area contributed by atoms with Gasteiger partial charge in [0.05, 0.1) is 6.54 Å². The largest absolute Gasteiger partial charge is 0.326 e. The van der Waals surface area contributed by atoms with E-state index in [4.69, 9.17) is 0 Å². The van der Waals surface area contributed by atoms with Crippen LogP contribution in [0.4, 0.5) is 5.69 Å². The Kier molecular flexibility index (Phi) is 4.52. The van der Waals surface area contributed by atoms with Crippen molar-refractivity contribution in [1.82, 2.24) is 9.78 Å². The summed E-state index contributed by atoms with van der Waals surface area (Å²) in [6.07, 6.45) is 0.0932. The maximum Gasteiger partial charge on any atom is 0.265 e. The monoisotopic (exact) mass is 337 g/mol. The third-order valence-corrected chi connectivity index (χ3v) is 3.11. The normalized spacial score (nSPS) is 10.2. The predicted molar refractivity (Wildman–Crippen MR) is 78.7 cm³/mol. The molecule has 20 heavy (non-hydrogen) atoms. The molecule has 0 unspecified atom stereocenters. The second-order valence-electron chi connectivity index (χ2n) is 4.10. The molecule has 7 heteroatoms. The second kappa shape index (κ2) is 6.33. The van der Waals surface area contributed by atoms with Gasteiger partial charge in [-0.2, -0.15) is 0 Å². The molecule has 0 aliphatic heterocycles. The number of benzene rings is 1. The highest BCUT2D eigenvalue weighted by atomic mass is 79.9. The zero-order valence-corrected chi connectivity index (χ0v) is 12.0. The molecule has 6 nitrogen and oxygen atoms in total. The first kappa shape index (κ1) is 14.3. The van der Waals surface area contributed by atoms with Crippen LogP contribution in [0, 0.1) is 0 Å². The molecule has 0 atom stereocenters. The number of rotatable bonds is 4. The predicted octanol–water partition coefficient (Wildman–Crippen LogP) is 1.33. The summed E-state index contributed by atoms with van der Waals surface area (Å²) in [5.74, 6) is -0.232. The molecular weight excluding hydrogens is 326 g/mol. The van der Waals surface area contributed by atoms with Crippen LogP contribution < -0.4 is 16.4 Å². The lowest BCUT2D eigenvalue weighted by molar-refractivity contribution is -0.116. The second-order valence-corrected chi connectivity index (χ2v) is 5.02. The smallest absolute Gasteiger partial charge is 0.265 e. The number of aromatic amines is 1. The van der Waals surface area contributed by atoms with Crippen LogP contribution in [0.5, 0.6) is 0 Å². The van der Waals surface area contributed by atoms with E-state index in [-0.39, 0.29) is 30.0 Å².